The molecular formula is C15H16BrClN2O. The van der Waals surface area contributed by atoms with Crippen LogP contribution in [0.5, 0.6) is 5.75 Å². The quantitative estimate of drug-likeness (QED) is 0.632. The first kappa shape index (κ1) is 15.3. The predicted molar refractivity (Wildman–Crippen MR) is 85.9 cm³/mol. The molecule has 0 aliphatic rings. The van der Waals surface area contributed by atoms with Crippen LogP contribution in [0.3, 0.4) is 0 Å². The van der Waals surface area contributed by atoms with Crippen molar-refractivity contribution in [3.8, 4) is 5.75 Å². The molecule has 0 aromatic heterocycles. The van der Waals surface area contributed by atoms with E-state index in [-0.39, 0.29) is 6.04 Å². The maximum absolute atomic E-state index is 6.06. The van der Waals surface area contributed by atoms with E-state index in [1.807, 2.05) is 42.5 Å². The van der Waals surface area contributed by atoms with Crippen LogP contribution >= 0.6 is 27.5 Å². The Morgan fingerprint density at radius 3 is 2.80 bits per heavy atom. The lowest BCUT2D eigenvalue weighted by atomic mass is 9.99. The molecule has 1 atom stereocenters. The molecule has 2 aromatic rings. The van der Waals surface area contributed by atoms with Crippen molar-refractivity contribution in [3.63, 3.8) is 0 Å². The molecular weight excluding hydrogens is 340 g/mol. The highest BCUT2D eigenvalue weighted by atomic mass is 79.9. The average Bonchev–Trinajstić information content (AvgIpc) is 2.47. The normalized spacial score (nSPS) is 12.2. The third-order valence-electron chi connectivity index (χ3n) is 3.11. The molecule has 2 rings (SSSR count). The Kier molecular flexibility index (Phi) is 5.43. The van der Waals surface area contributed by atoms with Crippen molar-refractivity contribution in [1.82, 2.24) is 5.43 Å². The minimum absolute atomic E-state index is 0.0322. The Morgan fingerprint density at radius 1 is 1.30 bits per heavy atom. The zero-order chi connectivity index (χ0) is 14.5. The fourth-order valence-electron chi connectivity index (χ4n) is 2.08. The van der Waals surface area contributed by atoms with E-state index in [1.165, 1.54) is 0 Å². The Labute approximate surface area is 132 Å². The molecule has 0 aliphatic carbocycles. The van der Waals surface area contributed by atoms with Crippen molar-refractivity contribution in [1.29, 1.82) is 0 Å². The molecule has 0 saturated carbocycles. The number of methoxy groups -OCH3 is 1. The van der Waals surface area contributed by atoms with Gasteiger partial charge in [0.1, 0.15) is 5.75 Å². The summed E-state index contributed by atoms with van der Waals surface area (Å²) in [5, 5.41) is 0.689. The van der Waals surface area contributed by atoms with E-state index in [4.69, 9.17) is 22.2 Å². The molecule has 5 heteroatoms. The van der Waals surface area contributed by atoms with E-state index in [0.717, 1.165) is 27.8 Å². The van der Waals surface area contributed by atoms with Crippen LogP contribution < -0.4 is 16.0 Å². The highest BCUT2D eigenvalue weighted by Gasteiger charge is 2.14. The number of hydrogen-bond donors (Lipinski definition) is 2. The van der Waals surface area contributed by atoms with Crippen molar-refractivity contribution < 1.29 is 4.74 Å². The van der Waals surface area contributed by atoms with E-state index in [1.54, 1.807) is 7.11 Å². The van der Waals surface area contributed by atoms with E-state index in [2.05, 4.69) is 21.4 Å². The van der Waals surface area contributed by atoms with Crippen LogP contribution in [0.2, 0.25) is 5.02 Å². The summed E-state index contributed by atoms with van der Waals surface area (Å²) in [5.74, 6) is 6.53. The summed E-state index contributed by atoms with van der Waals surface area (Å²) < 4.78 is 6.22. The van der Waals surface area contributed by atoms with Crippen molar-refractivity contribution >= 4 is 27.5 Å². The molecule has 0 bridgehead atoms. The van der Waals surface area contributed by atoms with Gasteiger partial charge < -0.3 is 4.74 Å². The number of hydrogen-bond acceptors (Lipinski definition) is 3. The summed E-state index contributed by atoms with van der Waals surface area (Å²) in [6.45, 7) is 0. The number of rotatable bonds is 5. The number of halogens is 2. The molecule has 0 aliphatic heterocycles. The van der Waals surface area contributed by atoms with E-state index in [9.17, 15) is 0 Å². The lowest BCUT2D eigenvalue weighted by Crippen LogP contribution is -2.29. The molecule has 0 radical (unpaired) electrons. The number of nitrogens with two attached hydrogens (primary N) is 1. The zero-order valence-electron chi connectivity index (χ0n) is 11.1. The van der Waals surface area contributed by atoms with Gasteiger partial charge in [-0.3, -0.25) is 11.3 Å². The number of hydrazine groups is 1. The second-order valence-corrected chi connectivity index (χ2v) is 5.73. The van der Waals surface area contributed by atoms with Crippen LogP contribution in [-0.4, -0.2) is 7.11 Å². The largest absolute Gasteiger partial charge is 0.497 e. The molecule has 2 aromatic carbocycles. The Morgan fingerprint density at radius 2 is 2.10 bits per heavy atom. The van der Waals surface area contributed by atoms with E-state index < -0.39 is 0 Å². The Bertz CT molecular complexity index is 592. The molecule has 0 amide bonds. The van der Waals surface area contributed by atoms with Gasteiger partial charge in [-0.05, 0) is 47.9 Å². The van der Waals surface area contributed by atoms with Gasteiger partial charge in [-0.2, -0.15) is 0 Å². The van der Waals surface area contributed by atoms with Crippen LogP contribution in [0.25, 0.3) is 0 Å². The Balaban J connectivity index is 2.26. The van der Waals surface area contributed by atoms with Crippen molar-refractivity contribution in [2.24, 2.45) is 5.84 Å². The topological polar surface area (TPSA) is 47.3 Å². The zero-order valence-corrected chi connectivity index (χ0v) is 13.4. The van der Waals surface area contributed by atoms with E-state index in [0.29, 0.717) is 5.02 Å². The summed E-state index contributed by atoms with van der Waals surface area (Å²) in [6, 6.07) is 13.6. The highest BCUT2D eigenvalue weighted by molar-refractivity contribution is 9.10. The fourth-order valence-corrected chi connectivity index (χ4v) is 2.78. The van der Waals surface area contributed by atoms with Gasteiger partial charge in [0.05, 0.1) is 13.2 Å². The molecule has 20 heavy (non-hydrogen) atoms. The highest BCUT2D eigenvalue weighted by Crippen LogP contribution is 2.29. The lowest BCUT2D eigenvalue weighted by molar-refractivity contribution is 0.414. The first-order valence-corrected chi connectivity index (χ1v) is 7.35. The number of nitrogens with one attached hydrogen (secondary N) is 1. The molecule has 0 spiro atoms. The minimum atomic E-state index is -0.0322. The summed E-state index contributed by atoms with van der Waals surface area (Å²) in [7, 11) is 1.66. The molecule has 1 unspecified atom stereocenters. The van der Waals surface area contributed by atoms with Gasteiger partial charge in [0.15, 0.2) is 0 Å². The van der Waals surface area contributed by atoms with Crippen LogP contribution in [-0.2, 0) is 6.42 Å². The average molecular weight is 356 g/mol. The Hall–Kier alpha value is -1.07. The number of ether oxygens (including phenoxy) is 1. The fraction of sp³-hybridized carbons (Fsp3) is 0.200. The summed E-state index contributed by atoms with van der Waals surface area (Å²) >= 11 is 9.59. The van der Waals surface area contributed by atoms with E-state index >= 15 is 0 Å². The summed E-state index contributed by atoms with van der Waals surface area (Å²) in [5.41, 5.74) is 5.01. The molecule has 106 valence electrons. The molecule has 0 saturated heterocycles. The maximum atomic E-state index is 6.06. The summed E-state index contributed by atoms with van der Waals surface area (Å²) in [4.78, 5) is 0. The van der Waals surface area contributed by atoms with Crippen LogP contribution in [0.15, 0.2) is 46.9 Å². The first-order chi connectivity index (χ1) is 9.63. The van der Waals surface area contributed by atoms with Gasteiger partial charge in [-0.25, -0.2) is 0 Å². The van der Waals surface area contributed by atoms with Crippen molar-refractivity contribution in [3.05, 3.63) is 63.1 Å². The van der Waals surface area contributed by atoms with Gasteiger partial charge in [-0.1, -0.05) is 39.7 Å². The van der Waals surface area contributed by atoms with Gasteiger partial charge in [-0.15, -0.1) is 0 Å². The monoisotopic (exact) mass is 354 g/mol. The third-order valence-corrected chi connectivity index (χ3v) is 4.07. The second kappa shape index (κ2) is 7.09. The SMILES string of the molecule is COc1cccc(CC(NN)c2cc(Cl)ccc2Br)c1. The molecule has 3 nitrogen and oxygen atoms in total. The smallest absolute Gasteiger partial charge is 0.119 e. The maximum Gasteiger partial charge on any atom is 0.119 e. The number of benzene rings is 2. The van der Waals surface area contributed by atoms with Gasteiger partial charge in [0.2, 0.25) is 0 Å². The lowest BCUT2D eigenvalue weighted by Gasteiger charge is -2.18. The van der Waals surface area contributed by atoms with Gasteiger partial charge in [0.25, 0.3) is 0 Å². The van der Waals surface area contributed by atoms with Crippen molar-refractivity contribution in [2.75, 3.05) is 7.11 Å². The van der Waals surface area contributed by atoms with Crippen LogP contribution in [0.4, 0.5) is 0 Å². The molecule has 0 heterocycles. The molecule has 0 fully saturated rings. The van der Waals surface area contributed by atoms with Crippen LogP contribution in [0, 0.1) is 0 Å². The van der Waals surface area contributed by atoms with Gasteiger partial charge >= 0.3 is 0 Å². The molecule has 3 N–H and O–H groups in total. The standard InChI is InChI=1S/C15H16BrClN2O/c1-20-12-4-2-3-10(7-12)8-15(19-18)13-9-11(17)5-6-14(13)16/h2-7,9,15,19H,8,18H2,1H3. The van der Waals surface area contributed by atoms with Crippen molar-refractivity contribution in [2.45, 2.75) is 12.5 Å². The minimum Gasteiger partial charge on any atom is -0.497 e. The summed E-state index contributed by atoms with van der Waals surface area (Å²) in [6.07, 6.45) is 0.743. The predicted octanol–water partition coefficient (Wildman–Crippen LogP) is 3.86. The third kappa shape index (κ3) is 3.73. The second-order valence-electron chi connectivity index (χ2n) is 4.44. The van der Waals surface area contributed by atoms with Crippen LogP contribution in [0.1, 0.15) is 17.2 Å². The van der Waals surface area contributed by atoms with Gasteiger partial charge in [0, 0.05) is 9.50 Å². The first-order valence-electron chi connectivity index (χ1n) is 6.18.